The van der Waals surface area contributed by atoms with Gasteiger partial charge in [0.05, 0.1) is 0 Å². The van der Waals surface area contributed by atoms with Crippen molar-refractivity contribution in [2.75, 3.05) is 33.2 Å². The van der Waals surface area contributed by atoms with E-state index in [-0.39, 0.29) is 18.3 Å². The van der Waals surface area contributed by atoms with Crippen LogP contribution in [0.4, 0.5) is 0 Å². The fraction of sp³-hybridized carbons (Fsp3) is 0.588. The number of nitrogens with one attached hydrogen (secondary N) is 2. The number of hydrogen-bond acceptors (Lipinski definition) is 3. The number of nitrogens with zero attached hydrogens (tertiary/aromatic N) is 1. The number of likely N-dealkylation sites (tertiary alicyclic amines) is 1. The Labute approximate surface area is 139 Å². The number of carbonyl (C=O) groups is 1. The van der Waals surface area contributed by atoms with Crippen molar-refractivity contribution in [3.8, 4) is 0 Å². The lowest BCUT2D eigenvalue weighted by Gasteiger charge is -2.33. The third kappa shape index (κ3) is 3.80. The molecule has 0 aromatic heterocycles. The molecular formula is C17H26ClN3O. The van der Waals surface area contributed by atoms with Gasteiger partial charge < -0.3 is 10.6 Å². The van der Waals surface area contributed by atoms with E-state index >= 15 is 0 Å². The highest BCUT2D eigenvalue weighted by molar-refractivity contribution is 5.93. The normalized spacial score (nSPS) is 20.6. The number of rotatable bonds is 3. The van der Waals surface area contributed by atoms with Gasteiger partial charge in [0, 0.05) is 25.7 Å². The van der Waals surface area contributed by atoms with Crippen LogP contribution >= 0.6 is 12.4 Å². The minimum Gasteiger partial charge on any atom is -0.355 e. The molecule has 0 aliphatic carbocycles. The van der Waals surface area contributed by atoms with E-state index in [1.165, 1.54) is 51.0 Å². The van der Waals surface area contributed by atoms with Crippen LogP contribution in [0.5, 0.6) is 0 Å². The first-order valence-corrected chi connectivity index (χ1v) is 7.95. The van der Waals surface area contributed by atoms with Gasteiger partial charge in [-0.25, -0.2) is 0 Å². The van der Waals surface area contributed by atoms with E-state index < -0.39 is 0 Å². The highest BCUT2D eigenvalue weighted by Gasteiger charge is 2.38. The predicted molar refractivity (Wildman–Crippen MR) is 91.5 cm³/mol. The second-order valence-electron chi connectivity index (χ2n) is 6.49. The van der Waals surface area contributed by atoms with Gasteiger partial charge in [-0.3, -0.25) is 9.69 Å². The molecule has 3 rings (SSSR count). The van der Waals surface area contributed by atoms with Crippen LogP contribution in [0.15, 0.2) is 24.3 Å². The molecule has 0 saturated carbocycles. The van der Waals surface area contributed by atoms with E-state index in [2.05, 4.69) is 27.7 Å². The molecule has 2 aliphatic rings. The van der Waals surface area contributed by atoms with Gasteiger partial charge in [0.25, 0.3) is 5.91 Å². The quantitative estimate of drug-likeness (QED) is 0.895. The van der Waals surface area contributed by atoms with Crippen molar-refractivity contribution in [3.63, 3.8) is 0 Å². The summed E-state index contributed by atoms with van der Waals surface area (Å²) in [6.07, 6.45) is 3.98. The second kappa shape index (κ2) is 7.44. The molecule has 0 unspecified atom stereocenters. The summed E-state index contributed by atoms with van der Waals surface area (Å²) < 4.78 is 0. The zero-order valence-electron chi connectivity index (χ0n) is 13.2. The molecule has 2 aliphatic heterocycles. The van der Waals surface area contributed by atoms with E-state index in [1.807, 2.05) is 12.1 Å². The number of halogens is 1. The molecule has 2 fully saturated rings. The van der Waals surface area contributed by atoms with Gasteiger partial charge in [0.2, 0.25) is 0 Å². The van der Waals surface area contributed by atoms with Crippen LogP contribution in [0, 0.1) is 5.41 Å². The fourth-order valence-electron chi connectivity index (χ4n) is 3.69. The highest BCUT2D eigenvalue weighted by atomic mass is 35.5. The summed E-state index contributed by atoms with van der Waals surface area (Å²) in [5, 5.41) is 6.12. The number of hydrogen-bond donors (Lipinski definition) is 2. The summed E-state index contributed by atoms with van der Waals surface area (Å²) >= 11 is 0. The van der Waals surface area contributed by atoms with E-state index in [1.54, 1.807) is 7.05 Å². The minimum atomic E-state index is -0.0172. The number of amides is 1. The number of carbonyl (C=O) groups excluding carboxylic acids is 1. The number of benzene rings is 1. The maximum Gasteiger partial charge on any atom is 0.251 e. The Morgan fingerprint density at radius 2 is 1.91 bits per heavy atom. The summed E-state index contributed by atoms with van der Waals surface area (Å²) in [6.45, 7) is 5.79. The maximum atomic E-state index is 11.5. The van der Waals surface area contributed by atoms with Crippen LogP contribution in [0.2, 0.25) is 0 Å². The molecule has 1 spiro atoms. The van der Waals surface area contributed by atoms with Crippen molar-refractivity contribution < 1.29 is 4.79 Å². The lowest BCUT2D eigenvalue weighted by molar-refractivity contribution is 0.0963. The predicted octanol–water partition coefficient (Wildman–Crippen LogP) is 2.04. The molecule has 0 bridgehead atoms. The highest BCUT2D eigenvalue weighted by Crippen LogP contribution is 2.38. The van der Waals surface area contributed by atoms with E-state index in [0.717, 1.165) is 12.1 Å². The van der Waals surface area contributed by atoms with Crippen LogP contribution in [-0.4, -0.2) is 44.0 Å². The lowest BCUT2D eigenvalue weighted by atomic mass is 9.78. The first-order chi connectivity index (χ1) is 10.2. The van der Waals surface area contributed by atoms with Crippen molar-refractivity contribution in [2.45, 2.75) is 25.8 Å². The Balaban J connectivity index is 0.00000176. The molecule has 1 aromatic carbocycles. The molecule has 1 aromatic rings. The molecule has 22 heavy (non-hydrogen) atoms. The van der Waals surface area contributed by atoms with Crippen molar-refractivity contribution in [1.82, 2.24) is 15.5 Å². The standard InChI is InChI=1S/C17H25N3O.ClH/c1-18-16(21)15-4-2-14(3-5-15)12-20-11-8-17(13-20)6-9-19-10-7-17;/h2-5,19H,6-13H2,1H3,(H,18,21);1H. The molecule has 2 heterocycles. The van der Waals surface area contributed by atoms with Crippen LogP contribution < -0.4 is 10.6 Å². The molecule has 4 nitrogen and oxygen atoms in total. The van der Waals surface area contributed by atoms with Gasteiger partial charge in [-0.1, -0.05) is 12.1 Å². The largest absolute Gasteiger partial charge is 0.355 e. The Kier molecular flexibility index (Phi) is 5.84. The fourth-order valence-corrected chi connectivity index (χ4v) is 3.69. The molecule has 2 saturated heterocycles. The summed E-state index contributed by atoms with van der Waals surface area (Å²) in [5.41, 5.74) is 2.60. The smallest absolute Gasteiger partial charge is 0.251 e. The average Bonchev–Trinajstić information content (AvgIpc) is 2.90. The molecule has 5 heteroatoms. The average molecular weight is 324 g/mol. The van der Waals surface area contributed by atoms with Crippen LogP contribution in [0.1, 0.15) is 35.2 Å². The Hall–Kier alpha value is -1.10. The van der Waals surface area contributed by atoms with Crippen molar-refractivity contribution in [2.24, 2.45) is 5.41 Å². The molecule has 1 amide bonds. The van der Waals surface area contributed by atoms with Crippen LogP contribution in [-0.2, 0) is 6.54 Å². The first-order valence-electron chi connectivity index (χ1n) is 7.95. The summed E-state index contributed by atoms with van der Waals surface area (Å²) in [4.78, 5) is 14.1. The van der Waals surface area contributed by atoms with E-state index in [4.69, 9.17) is 0 Å². The zero-order valence-corrected chi connectivity index (χ0v) is 14.0. The zero-order chi connectivity index (χ0) is 14.7. The van der Waals surface area contributed by atoms with Crippen molar-refractivity contribution >= 4 is 18.3 Å². The SMILES string of the molecule is CNC(=O)c1ccc(CN2CCC3(CCNCC3)C2)cc1.Cl. The Morgan fingerprint density at radius 3 is 2.55 bits per heavy atom. The van der Waals surface area contributed by atoms with Gasteiger partial charge >= 0.3 is 0 Å². The lowest BCUT2D eigenvalue weighted by Crippen LogP contribution is -2.38. The molecule has 0 atom stereocenters. The monoisotopic (exact) mass is 323 g/mol. The Morgan fingerprint density at radius 1 is 1.23 bits per heavy atom. The van der Waals surface area contributed by atoms with Gasteiger partial charge in [0.15, 0.2) is 0 Å². The van der Waals surface area contributed by atoms with E-state index in [9.17, 15) is 4.79 Å². The van der Waals surface area contributed by atoms with Crippen molar-refractivity contribution in [3.05, 3.63) is 35.4 Å². The van der Waals surface area contributed by atoms with Gasteiger partial charge in [-0.2, -0.15) is 0 Å². The van der Waals surface area contributed by atoms with Crippen LogP contribution in [0.3, 0.4) is 0 Å². The third-order valence-electron chi connectivity index (χ3n) is 5.03. The molecule has 122 valence electrons. The molecular weight excluding hydrogens is 298 g/mol. The Bertz CT molecular complexity index is 497. The summed E-state index contributed by atoms with van der Waals surface area (Å²) in [6, 6.07) is 8.01. The maximum absolute atomic E-state index is 11.5. The van der Waals surface area contributed by atoms with Gasteiger partial charge in [0.1, 0.15) is 0 Å². The van der Waals surface area contributed by atoms with Gasteiger partial charge in [-0.05, 0) is 62.0 Å². The second-order valence-corrected chi connectivity index (χ2v) is 6.49. The summed E-state index contributed by atoms with van der Waals surface area (Å²) in [5.74, 6) is -0.0172. The molecule has 0 radical (unpaired) electrons. The topological polar surface area (TPSA) is 44.4 Å². The number of piperidine rings is 1. The molecule has 2 N–H and O–H groups in total. The van der Waals surface area contributed by atoms with Crippen molar-refractivity contribution in [1.29, 1.82) is 0 Å². The first kappa shape index (κ1) is 17.3. The minimum absolute atomic E-state index is 0. The van der Waals surface area contributed by atoms with Gasteiger partial charge in [-0.15, -0.1) is 12.4 Å². The third-order valence-corrected chi connectivity index (χ3v) is 5.03. The van der Waals surface area contributed by atoms with Crippen LogP contribution in [0.25, 0.3) is 0 Å². The van der Waals surface area contributed by atoms with E-state index in [0.29, 0.717) is 5.41 Å². The summed E-state index contributed by atoms with van der Waals surface area (Å²) in [7, 11) is 1.67.